The van der Waals surface area contributed by atoms with E-state index < -0.39 is 10.8 Å². The summed E-state index contributed by atoms with van der Waals surface area (Å²) in [5, 5.41) is 15.3. The average molecular weight is 522 g/mol. The number of benzene rings is 4. The molecule has 0 aliphatic carbocycles. The van der Waals surface area contributed by atoms with Gasteiger partial charge in [-0.25, -0.2) is 4.39 Å². The molecule has 0 fully saturated rings. The predicted octanol–water partition coefficient (Wildman–Crippen LogP) is 6.62. The van der Waals surface area contributed by atoms with Crippen molar-refractivity contribution in [3.63, 3.8) is 0 Å². The van der Waals surface area contributed by atoms with Crippen LogP contribution in [0.25, 0.3) is 10.9 Å². The lowest BCUT2D eigenvalue weighted by Crippen LogP contribution is -2.27. The first kappa shape index (κ1) is 25.9. The van der Waals surface area contributed by atoms with Crippen LogP contribution in [0.15, 0.2) is 109 Å². The molecule has 0 bridgehead atoms. The molecule has 0 spiro atoms. The van der Waals surface area contributed by atoms with E-state index in [1.54, 1.807) is 24.3 Å². The normalized spacial score (nSPS) is 11.8. The topological polar surface area (TPSA) is 77.2 Å². The van der Waals surface area contributed by atoms with Crippen LogP contribution in [0.4, 0.5) is 10.1 Å². The van der Waals surface area contributed by atoms with E-state index in [-0.39, 0.29) is 23.8 Å². The van der Waals surface area contributed by atoms with E-state index in [0.29, 0.717) is 24.9 Å². The first-order chi connectivity index (χ1) is 19.0. The minimum atomic E-state index is -0.427. The fourth-order valence-electron chi connectivity index (χ4n) is 4.97. The van der Waals surface area contributed by atoms with Crippen LogP contribution >= 0.6 is 0 Å². The Balaban J connectivity index is 1.51. The zero-order valence-corrected chi connectivity index (χ0v) is 21.3. The molecule has 4 aromatic carbocycles. The van der Waals surface area contributed by atoms with E-state index in [1.807, 2.05) is 71.4 Å². The Morgan fingerprint density at radius 2 is 1.56 bits per heavy atom. The third-order valence-corrected chi connectivity index (χ3v) is 6.92. The molecule has 0 aliphatic rings. The number of carbonyl (C=O) groups excluding carboxylic acids is 1. The van der Waals surface area contributed by atoms with Crippen molar-refractivity contribution in [3.05, 3.63) is 148 Å². The van der Waals surface area contributed by atoms with Crippen LogP contribution in [0.1, 0.15) is 34.6 Å². The van der Waals surface area contributed by atoms with Crippen molar-refractivity contribution in [1.29, 1.82) is 0 Å². The Labute approximate surface area is 225 Å². The Kier molecular flexibility index (Phi) is 7.78. The van der Waals surface area contributed by atoms with Crippen LogP contribution in [0.3, 0.4) is 0 Å². The van der Waals surface area contributed by atoms with Crippen LogP contribution < -0.4 is 5.32 Å². The lowest BCUT2D eigenvalue weighted by molar-refractivity contribution is -0.384. The smallest absolute Gasteiger partial charge is 0.270 e. The Bertz CT molecular complexity index is 1580. The second-order valence-electron chi connectivity index (χ2n) is 9.55. The number of non-ortho nitro benzene ring substituents is 1. The lowest BCUT2D eigenvalue weighted by Gasteiger charge is -2.17. The van der Waals surface area contributed by atoms with Gasteiger partial charge in [0.1, 0.15) is 5.82 Å². The lowest BCUT2D eigenvalue weighted by atomic mass is 9.88. The van der Waals surface area contributed by atoms with E-state index in [4.69, 9.17) is 0 Å². The van der Waals surface area contributed by atoms with Gasteiger partial charge in [-0.05, 0) is 46.9 Å². The molecule has 0 aliphatic heterocycles. The Hall–Kier alpha value is -4.78. The number of hydrogen-bond acceptors (Lipinski definition) is 3. The first-order valence-electron chi connectivity index (χ1n) is 12.8. The number of halogens is 1. The van der Waals surface area contributed by atoms with Crippen LogP contribution in [-0.2, 0) is 17.8 Å². The van der Waals surface area contributed by atoms with Gasteiger partial charge in [0.25, 0.3) is 5.69 Å². The van der Waals surface area contributed by atoms with Crippen molar-refractivity contribution in [2.24, 2.45) is 0 Å². The number of fused-ring (bicyclic) bond motifs is 1. The third-order valence-electron chi connectivity index (χ3n) is 6.92. The van der Waals surface area contributed by atoms with E-state index >= 15 is 0 Å². The van der Waals surface area contributed by atoms with Gasteiger partial charge >= 0.3 is 0 Å². The number of aromatic nitrogens is 1. The molecule has 1 heterocycles. The van der Waals surface area contributed by atoms with Gasteiger partial charge in [-0.3, -0.25) is 14.9 Å². The minimum Gasteiger partial charge on any atom is -0.356 e. The van der Waals surface area contributed by atoms with Gasteiger partial charge in [0.15, 0.2) is 0 Å². The Morgan fingerprint density at radius 3 is 2.23 bits per heavy atom. The van der Waals surface area contributed by atoms with Gasteiger partial charge in [-0.1, -0.05) is 72.8 Å². The van der Waals surface area contributed by atoms with Crippen LogP contribution in [0.5, 0.6) is 0 Å². The molecule has 1 aromatic heterocycles. The van der Waals surface area contributed by atoms with Crippen molar-refractivity contribution >= 4 is 22.5 Å². The van der Waals surface area contributed by atoms with E-state index in [1.165, 1.54) is 18.2 Å². The number of nitro benzene ring substituents is 1. The molecule has 5 aromatic rings. The fourth-order valence-corrected chi connectivity index (χ4v) is 4.97. The second-order valence-corrected chi connectivity index (χ2v) is 9.55. The SMILES string of the molecule is O=C(CC(c1ccc(F)cc1)c1cn(Cc2ccccc2)c2ccc([N+](=O)[O-])cc12)NCCc1ccccc1. The van der Waals surface area contributed by atoms with E-state index in [0.717, 1.165) is 27.8 Å². The molecule has 0 saturated carbocycles. The van der Waals surface area contributed by atoms with Gasteiger partial charge in [-0.15, -0.1) is 0 Å². The highest BCUT2D eigenvalue weighted by atomic mass is 19.1. The van der Waals surface area contributed by atoms with Gasteiger partial charge in [0.2, 0.25) is 5.91 Å². The maximum atomic E-state index is 13.8. The molecule has 1 unspecified atom stereocenters. The molecule has 1 amide bonds. The highest BCUT2D eigenvalue weighted by molar-refractivity contribution is 5.88. The number of nitrogens with zero attached hydrogens (tertiary/aromatic N) is 2. The summed E-state index contributed by atoms with van der Waals surface area (Å²) in [6.07, 6.45) is 2.79. The minimum absolute atomic E-state index is 0.0219. The number of amides is 1. The van der Waals surface area contributed by atoms with Crippen molar-refractivity contribution in [2.45, 2.75) is 25.3 Å². The fraction of sp³-hybridized carbons (Fsp3) is 0.156. The summed E-state index contributed by atoms with van der Waals surface area (Å²) in [5.41, 5.74) is 4.57. The van der Waals surface area contributed by atoms with Crippen molar-refractivity contribution in [2.75, 3.05) is 6.54 Å². The summed E-state index contributed by atoms with van der Waals surface area (Å²) in [6, 6.07) is 30.8. The van der Waals surface area contributed by atoms with Gasteiger partial charge in [0.05, 0.1) is 4.92 Å². The van der Waals surface area contributed by atoms with Gasteiger partial charge in [-0.2, -0.15) is 0 Å². The second kappa shape index (κ2) is 11.7. The summed E-state index contributed by atoms with van der Waals surface area (Å²) < 4.78 is 15.9. The number of carbonyl (C=O) groups is 1. The first-order valence-corrected chi connectivity index (χ1v) is 12.8. The zero-order chi connectivity index (χ0) is 27.2. The van der Waals surface area contributed by atoms with Crippen LogP contribution in [0.2, 0.25) is 0 Å². The zero-order valence-electron chi connectivity index (χ0n) is 21.3. The summed E-state index contributed by atoms with van der Waals surface area (Å²) in [7, 11) is 0. The molecular formula is C32H28FN3O3. The van der Waals surface area contributed by atoms with Crippen molar-refractivity contribution in [1.82, 2.24) is 9.88 Å². The molecule has 1 N–H and O–H groups in total. The molecular weight excluding hydrogens is 493 g/mol. The highest BCUT2D eigenvalue weighted by Crippen LogP contribution is 2.37. The summed E-state index contributed by atoms with van der Waals surface area (Å²) in [5.74, 6) is -0.939. The summed E-state index contributed by atoms with van der Waals surface area (Å²) >= 11 is 0. The molecule has 39 heavy (non-hydrogen) atoms. The number of nitro groups is 1. The third kappa shape index (κ3) is 6.21. The largest absolute Gasteiger partial charge is 0.356 e. The van der Waals surface area contributed by atoms with E-state index in [9.17, 15) is 19.3 Å². The van der Waals surface area contributed by atoms with E-state index in [2.05, 4.69) is 5.32 Å². The predicted molar refractivity (Wildman–Crippen MR) is 150 cm³/mol. The summed E-state index contributed by atoms with van der Waals surface area (Å²) in [4.78, 5) is 24.4. The van der Waals surface area contributed by atoms with Gasteiger partial charge < -0.3 is 9.88 Å². The average Bonchev–Trinajstić information content (AvgIpc) is 3.30. The summed E-state index contributed by atoms with van der Waals surface area (Å²) in [6.45, 7) is 1.05. The Morgan fingerprint density at radius 1 is 0.897 bits per heavy atom. The molecule has 1 atom stereocenters. The monoisotopic (exact) mass is 521 g/mol. The maximum absolute atomic E-state index is 13.8. The molecule has 5 rings (SSSR count). The molecule has 7 heteroatoms. The van der Waals surface area contributed by atoms with Gasteiger partial charge in [0, 0.05) is 54.7 Å². The standard InChI is InChI=1S/C32H28FN3O3/c33-26-13-11-25(12-14-26)28(20-32(37)34-18-17-23-7-3-1-4-8-23)30-22-35(21-24-9-5-2-6-10-24)31-16-15-27(36(38)39)19-29(30)31/h1-16,19,22,28H,17-18,20-21H2,(H,34,37). The molecule has 0 saturated heterocycles. The van der Waals surface area contributed by atoms with Crippen LogP contribution in [-0.4, -0.2) is 21.9 Å². The highest BCUT2D eigenvalue weighted by Gasteiger charge is 2.24. The number of rotatable bonds is 10. The number of nitrogens with one attached hydrogen (secondary N) is 1. The molecule has 6 nitrogen and oxygen atoms in total. The van der Waals surface area contributed by atoms with Crippen molar-refractivity contribution in [3.8, 4) is 0 Å². The molecule has 0 radical (unpaired) electrons. The quantitative estimate of drug-likeness (QED) is 0.166. The molecule has 196 valence electrons. The van der Waals surface area contributed by atoms with Crippen molar-refractivity contribution < 1.29 is 14.1 Å². The number of hydrogen-bond donors (Lipinski definition) is 1. The van der Waals surface area contributed by atoms with Crippen LogP contribution in [0, 0.1) is 15.9 Å². The maximum Gasteiger partial charge on any atom is 0.270 e.